The number of hydrogen-bond acceptors (Lipinski definition) is 8. The fourth-order valence-corrected chi connectivity index (χ4v) is 4.45. The summed E-state index contributed by atoms with van der Waals surface area (Å²) < 4.78 is 16.4. The molecule has 38 heavy (non-hydrogen) atoms. The predicted molar refractivity (Wildman–Crippen MR) is 143 cm³/mol. The summed E-state index contributed by atoms with van der Waals surface area (Å²) in [5.41, 5.74) is 2.39. The van der Waals surface area contributed by atoms with Gasteiger partial charge in [-0.25, -0.2) is 0 Å². The fourth-order valence-electron chi connectivity index (χ4n) is 3.61. The normalized spacial score (nSPS) is 13.8. The Morgan fingerprint density at radius 3 is 2.50 bits per heavy atom. The van der Waals surface area contributed by atoms with Crippen LogP contribution in [0.2, 0.25) is 0 Å². The highest BCUT2D eigenvalue weighted by molar-refractivity contribution is 8.18. The summed E-state index contributed by atoms with van der Waals surface area (Å²) in [5.74, 6) is 0.462. The first kappa shape index (κ1) is 26.3. The van der Waals surface area contributed by atoms with Crippen molar-refractivity contribution in [1.82, 2.24) is 4.90 Å². The number of hydrogen-bond donors (Lipinski definition) is 1. The summed E-state index contributed by atoms with van der Waals surface area (Å²) >= 11 is 0.758. The molecule has 1 aliphatic heterocycles. The molecule has 3 aromatic carbocycles. The molecule has 9 nitrogen and oxygen atoms in total. The van der Waals surface area contributed by atoms with Crippen LogP contribution in [0.4, 0.5) is 10.5 Å². The average molecular weight is 530 g/mol. The van der Waals surface area contributed by atoms with Crippen molar-refractivity contribution in [3.63, 3.8) is 0 Å². The second-order valence-electron chi connectivity index (χ2n) is 8.01. The van der Waals surface area contributed by atoms with E-state index >= 15 is 0 Å². The molecule has 1 fully saturated rings. The maximum Gasteiger partial charge on any atom is 0.294 e. The zero-order valence-corrected chi connectivity index (χ0v) is 21.4. The summed E-state index contributed by atoms with van der Waals surface area (Å²) in [6, 6.07) is 21.1. The molecule has 4 rings (SSSR count). The molecule has 0 radical (unpaired) electrons. The average Bonchev–Trinajstić information content (AvgIpc) is 3.19. The lowest BCUT2D eigenvalue weighted by Crippen LogP contribution is -2.36. The highest BCUT2D eigenvalue weighted by Gasteiger charge is 2.36. The van der Waals surface area contributed by atoms with Crippen molar-refractivity contribution in [2.24, 2.45) is 0 Å². The smallest absolute Gasteiger partial charge is 0.294 e. The number of nitrogens with zero attached hydrogens (tertiary/aromatic N) is 2. The number of imide groups is 1. The lowest BCUT2D eigenvalue weighted by Gasteiger charge is -2.13. The van der Waals surface area contributed by atoms with Crippen molar-refractivity contribution in [1.29, 1.82) is 5.26 Å². The Morgan fingerprint density at radius 1 is 1.03 bits per heavy atom. The molecule has 0 atom stereocenters. The van der Waals surface area contributed by atoms with Crippen molar-refractivity contribution in [3.8, 4) is 23.3 Å². The third-order valence-electron chi connectivity index (χ3n) is 5.56. The van der Waals surface area contributed by atoms with Gasteiger partial charge in [0.2, 0.25) is 5.91 Å². The Hall–Kier alpha value is -4.75. The van der Waals surface area contributed by atoms with E-state index < -0.39 is 23.6 Å². The van der Waals surface area contributed by atoms with Gasteiger partial charge in [0.05, 0.1) is 30.8 Å². The zero-order chi connectivity index (χ0) is 27.1. The SMILES string of the molecule is COc1ccc(NC(=O)CN2C(=O)S/C(=C\c3ccc(OCc4ccccc4C#N)c(OC)c3)C2=O)cc1. The van der Waals surface area contributed by atoms with E-state index in [4.69, 9.17) is 14.2 Å². The summed E-state index contributed by atoms with van der Waals surface area (Å²) in [7, 11) is 3.03. The standard InChI is InChI=1S/C28H23N3O6S/c1-35-22-10-8-21(9-11-22)30-26(32)16-31-27(33)25(38-28(31)34)14-18-7-12-23(24(13-18)36-2)37-17-20-6-4-3-5-19(20)15-29/h3-14H,16-17H2,1-2H3,(H,30,32)/b25-14-. The number of nitrogens with one attached hydrogen (secondary N) is 1. The van der Waals surface area contributed by atoms with Gasteiger partial charge in [0.15, 0.2) is 11.5 Å². The molecule has 0 bridgehead atoms. The van der Waals surface area contributed by atoms with Crippen LogP contribution in [-0.2, 0) is 16.2 Å². The minimum Gasteiger partial charge on any atom is -0.497 e. The summed E-state index contributed by atoms with van der Waals surface area (Å²) in [6.45, 7) is -0.231. The number of rotatable bonds is 9. The number of anilines is 1. The van der Waals surface area contributed by atoms with Crippen LogP contribution in [0.25, 0.3) is 6.08 Å². The molecule has 192 valence electrons. The molecule has 1 heterocycles. The molecule has 3 aromatic rings. The predicted octanol–water partition coefficient (Wildman–Crippen LogP) is 4.83. The Kier molecular flexibility index (Phi) is 8.30. The zero-order valence-electron chi connectivity index (χ0n) is 20.6. The van der Waals surface area contributed by atoms with E-state index in [-0.39, 0.29) is 11.5 Å². The monoisotopic (exact) mass is 529 g/mol. The third-order valence-corrected chi connectivity index (χ3v) is 6.46. The van der Waals surface area contributed by atoms with E-state index in [0.29, 0.717) is 34.1 Å². The van der Waals surface area contributed by atoms with Crippen LogP contribution in [0.1, 0.15) is 16.7 Å². The molecule has 0 unspecified atom stereocenters. The van der Waals surface area contributed by atoms with Crippen LogP contribution in [0.5, 0.6) is 17.2 Å². The minimum atomic E-state index is -0.558. The Labute approximate surface area is 223 Å². The van der Waals surface area contributed by atoms with E-state index in [9.17, 15) is 19.6 Å². The highest BCUT2D eigenvalue weighted by Crippen LogP contribution is 2.35. The van der Waals surface area contributed by atoms with E-state index in [1.165, 1.54) is 14.2 Å². The van der Waals surface area contributed by atoms with E-state index in [1.807, 2.05) is 12.1 Å². The lowest BCUT2D eigenvalue weighted by atomic mass is 10.1. The van der Waals surface area contributed by atoms with Gasteiger partial charge in [-0.05, 0) is 65.9 Å². The second kappa shape index (κ2) is 12.0. The molecule has 3 amide bonds. The Balaban J connectivity index is 1.42. The molecule has 1 N–H and O–H groups in total. The molecule has 1 saturated heterocycles. The molecule has 0 saturated carbocycles. The fraction of sp³-hybridized carbons (Fsp3) is 0.143. The first-order valence-corrected chi connectivity index (χ1v) is 12.2. The number of methoxy groups -OCH3 is 2. The van der Waals surface area contributed by atoms with E-state index in [0.717, 1.165) is 22.2 Å². The van der Waals surface area contributed by atoms with Crippen molar-refractivity contribution >= 4 is 40.6 Å². The lowest BCUT2D eigenvalue weighted by molar-refractivity contribution is -0.127. The van der Waals surface area contributed by atoms with Gasteiger partial charge >= 0.3 is 0 Å². The van der Waals surface area contributed by atoms with Gasteiger partial charge in [0.25, 0.3) is 11.1 Å². The van der Waals surface area contributed by atoms with Crippen molar-refractivity contribution < 1.29 is 28.6 Å². The van der Waals surface area contributed by atoms with Crippen LogP contribution >= 0.6 is 11.8 Å². The van der Waals surface area contributed by atoms with Gasteiger partial charge in [-0.1, -0.05) is 24.3 Å². The number of thioether (sulfide) groups is 1. The maximum atomic E-state index is 12.9. The number of nitriles is 1. The first-order valence-electron chi connectivity index (χ1n) is 11.4. The number of ether oxygens (including phenoxy) is 3. The maximum absolute atomic E-state index is 12.9. The van der Waals surface area contributed by atoms with Crippen LogP contribution in [0, 0.1) is 11.3 Å². The van der Waals surface area contributed by atoms with Crippen LogP contribution in [0.3, 0.4) is 0 Å². The van der Waals surface area contributed by atoms with Crippen LogP contribution in [-0.4, -0.2) is 42.7 Å². The molecular weight excluding hydrogens is 506 g/mol. The molecule has 0 aliphatic carbocycles. The quantitative estimate of drug-likeness (QED) is 0.392. The molecule has 0 aromatic heterocycles. The van der Waals surface area contributed by atoms with Gasteiger partial charge in [0, 0.05) is 11.3 Å². The van der Waals surface area contributed by atoms with Crippen molar-refractivity contribution in [3.05, 3.63) is 88.3 Å². The highest BCUT2D eigenvalue weighted by atomic mass is 32.2. The van der Waals surface area contributed by atoms with Gasteiger partial charge in [-0.15, -0.1) is 0 Å². The largest absolute Gasteiger partial charge is 0.497 e. The second-order valence-corrected chi connectivity index (χ2v) is 9.01. The van der Waals surface area contributed by atoms with Gasteiger partial charge in [-0.3, -0.25) is 19.3 Å². The molecular formula is C28H23N3O6S. The first-order chi connectivity index (χ1) is 18.4. The number of amides is 3. The van der Waals surface area contributed by atoms with Crippen LogP contribution in [0.15, 0.2) is 71.6 Å². The number of carbonyl (C=O) groups is 3. The van der Waals surface area contributed by atoms with Crippen molar-refractivity contribution in [2.75, 3.05) is 26.1 Å². The van der Waals surface area contributed by atoms with Crippen LogP contribution < -0.4 is 19.5 Å². The summed E-state index contributed by atoms with van der Waals surface area (Å²) in [6.07, 6.45) is 1.56. The topological polar surface area (TPSA) is 118 Å². The summed E-state index contributed by atoms with van der Waals surface area (Å²) in [4.78, 5) is 38.9. The van der Waals surface area contributed by atoms with E-state index in [1.54, 1.807) is 60.7 Å². The third kappa shape index (κ3) is 6.14. The molecule has 1 aliphatic rings. The Bertz CT molecular complexity index is 1450. The van der Waals surface area contributed by atoms with Crippen molar-refractivity contribution in [2.45, 2.75) is 6.61 Å². The van der Waals surface area contributed by atoms with Gasteiger partial charge < -0.3 is 19.5 Å². The van der Waals surface area contributed by atoms with Gasteiger partial charge in [-0.2, -0.15) is 5.26 Å². The minimum absolute atomic E-state index is 0.177. The number of carbonyl (C=O) groups excluding carboxylic acids is 3. The number of benzene rings is 3. The van der Waals surface area contributed by atoms with Gasteiger partial charge in [0.1, 0.15) is 18.9 Å². The van der Waals surface area contributed by atoms with E-state index in [2.05, 4.69) is 11.4 Å². The Morgan fingerprint density at radius 2 is 1.79 bits per heavy atom. The molecule has 10 heteroatoms. The summed E-state index contributed by atoms with van der Waals surface area (Å²) in [5, 5.41) is 11.4. The molecule has 0 spiro atoms.